The quantitative estimate of drug-likeness (QED) is 0.769. The highest BCUT2D eigenvalue weighted by Crippen LogP contribution is 2.15. The summed E-state index contributed by atoms with van der Waals surface area (Å²) < 4.78 is 26.7. The van der Waals surface area contributed by atoms with Crippen LogP contribution >= 0.6 is 0 Å². The summed E-state index contributed by atoms with van der Waals surface area (Å²) >= 11 is 0. The minimum atomic E-state index is -2.70. The average molecular weight is 189 g/mol. The SMILES string of the molecule is CC(F)(F)Cn1cncc1CCN. The first kappa shape index (κ1) is 10.1. The van der Waals surface area contributed by atoms with Gasteiger partial charge in [0.1, 0.15) is 0 Å². The van der Waals surface area contributed by atoms with Gasteiger partial charge in [0, 0.05) is 25.2 Å². The van der Waals surface area contributed by atoms with E-state index < -0.39 is 5.92 Å². The van der Waals surface area contributed by atoms with Gasteiger partial charge in [-0.25, -0.2) is 13.8 Å². The highest BCUT2D eigenvalue weighted by Gasteiger charge is 2.22. The normalized spacial score (nSPS) is 12.0. The molecule has 74 valence electrons. The lowest BCUT2D eigenvalue weighted by molar-refractivity contribution is 0.00322. The van der Waals surface area contributed by atoms with Crippen LogP contribution in [0.5, 0.6) is 0 Å². The fourth-order valence-corrected chi connectivity index (χ4v) is 1.15. The number of hydrogen-bond donors (Lipinski definition) is 1. The molecule has 0 spiro atoms. The van der Waals surface area contributed by atoms with Gasteiger partial charge in [0.2, 0.25) is 0 Å². The zero-order valence-corrected chi connectivity index (χ0v) is 7.50. The molecular formula is C8H13F2N3. The molecule has 0 aliphatic carbocycles. The van der Waals surface area contributed by atoms with Gasteiger partial charge >= 0.3 is 0 Å². The van der Waals surface area contributed by atoms with Crippen LogP contribution in [0.25, 0.3) is 0 Å². The lowest BCUT2D eigenvalue weighted by Gasteiger charge is -2.13. The molecular weight excluding hydrogens is 176 g/mol. The number of aromatic nitrogens is 2. The topological polar surface area (TPSA) is 43.8 Å². The third kappa shape index (κ3) is 3.10. The second-order valence-corrected chi connectivity index (χ2v) is 3.12. The van der Waals surface area contributed by atoms with Crippen molar-refractivity contribution < 1.29 is 8.78 Å². The third-order valence-corrected chi connectivity index (χ3v) is 1.65. The molecule has 3 nitrogen and oxygen atoms in total. The molecule has 0 radical (unpaired) electrons. The molecule has 0 aromatic carbocycles. The molecule has 0 atom stereocenters. The maximum absolute atomic E-state index is 12.6. The van der Waals surface area contributed by atoms with Crippen molar-refractivity contribution in [2.45, 2.75) is 25.8 Å². The Hall–Kier alpha value is -0.970. The van der Waals surface area contributed by atoms with E-state index in [1.165, 1.54) is 10.9 Å². The fourth-order valence-electron chi connectivity index (χ4n) is 1.15. The van der Waals surface area contributed by atoms with Gasteiger partial charge in [-0.15, -0.1) is 0 Å². The van der Waals surface area contributed by atoms with Crippen molar-refractivity contribution in [3.8, 4) is 0 Å². The highest BCUT2D eigenvalue weighted by atomic mass is 19.3. The second kappa shape index (κ2) is 3.83. The lowest BCUT2D eigenvalue weighted by Crippen LogP contribution is -2.21. The molecule has 0 unspecified atom stereocenters. The van der Waals surface area contributed by atoms with Crippen LogP contribution in [-0.4, -0.2) is 22.0 Å². The Labute approximate surface area is 75.6 Å². The first-order valence-electron chi connectivity index (χ1n) is 4.10. The number of hydrogen-bond acceptors (Lipinski definition) is 2. The molecule has 13 heavy (non-hydrogen) atoms. The van der Waals surface area contributed by atoms with E-state index in [4.69, 9.17) is 5.73 Å². The van der Waals surface area contributed by atoms with Crippen LogP contribution in [0.3, 0.4) is 0 Å². The second-order valence-electron chi connectivity index (χ2n) is 3.12. The minimum Gasteiger partial charge on any atom is -0.330 e. The molecule has 0 saturated carbocycles. The van der Waals surface area contributed by atoms with Crippen molar-refractivity contribution in [1.82, 2.24) is 9.55 Å². The maximum atomic E-state index is 12.6. The Morgan fingerprint density at radius 2 is 2.31 bits per heavy atom. The van der Waals surface area contributed by atoms with Gasteiger partial charge < -0.3 is 10.3 Å². The Kier molecular flexibility index (Phi) is 2.98. The van der Waals surface area contributed by atoms with Crippen molar-refractivity contribution >= 4 is 0 Å². The zero-order valence-electron chi connectivity index (χ0n) is 7.50. The van der Waals surface area contributed by atoms with E-state index in [9.17, 15) is 8.78 Å². The van der Waals surface area contributed by atoms with Crippen LogP contribution < -0.4 is 5.73 Å². The van der Waals surface area contributed by atoms with E-state index in [2.05, 4.69) is 4.98 Å². The van der Waals surface area contributed by atoms with Gasteiger partial charge in [0.05, 0.1) is 12.9 Å². The van der Waals surface area contributed by atoms with E-state index in [1.54, 1.807) is 6.20 Å². The van der Waals surface area contributed by atoms with Crippen LogP contribution in [0.2, 0.25) is 0 Å². The lowest BCUT2D eigenvalue weighted by atomic mass is 10.3. The molecule has 0 amide bonds. The Morgan fingerprint density at radius 3 is 2.85 bits per heavy atom. The Morgan fingerprint density at radius 1 is 1.62 bits per heavy atom. The summed E-state index contributed by atoms with van der Waals surface area (Å²) in [5, 5.41) is 0. The third-order valence-electron chi connectivity index (χ3n) is 1.65. The Balaban J connectivity index is 2.70. The number of halogens is 2. The van der Waals surface area contributed by atoms with Crippen LogP contribution in [0, 0.1) is 0 Å². The molecule has 1 aromatic rings. The standard InChI is InChI=1S/C8H13F2N3/c1-8(9,10)5-13-6-12-4-7(13)2-3-11/h4,6H,2-3,5,11H2,1H3. The van der Waals surface area contributed by atoms with Crippen LogP contribution in [0.1, 0.15) is 12.6 Å². The molecule has 0 aliphatic rings. The van der Waals surface area contributed by atoms with Gasteiger partial charge in [-0.2, -0.15) is 0 Å². The van der Waals surface area contributed by atoms with Gasteiger partial charge in [-0.3, -0.25) is 0 Å². The molecule has 5 heteroatoms. The van der Waals surface area contributed by atoms with Crippen molar-refractivity contribution in [1.29, 1.82) is 0 Å². The monoisotopic (exact) mass is 189 g/mol. The van der Waals surface area contributed by atoms with E-state index in [-0.39, 0.29) is 6.54 Å². The molecule has 1 rings (SSSR count). The van der Waals surface area contributed by atoms with Crippen LogP contribution in [0.4, 0.5) is 8.78 Å². The largest absolute Gasteiger partial charge is 0.330 e. The number of nitrogens with two attached hydrogens (primary N) is 1. The van der Waals surface area contributed by atoms with Crippen molar-refractivity contribution in [3.05, 3.63) is 18.2 Å². The Bertz CT molecular complexity index is 265. The molecule has 1 aromatic heterocycles. The minimum absolute atomic E-state index is 0.331. The predicted molar refractivity (Wildman–Crippen MR) is 45.6 cm³/mol. The molecule has 0 saturated heterocycles. The summed E-state index contributed by atoms with van der Waals surface area (Å²) in [7, 11) is 0. The first-order chi connectivity index (χ1) is 6.03. The van der Waals surface area contributed by atoms with Gasteiger partial charge in [0.15, 0.2) is 0 Å². The van der Waals surface area contributed by atoms with E-state index in [0.29, 0.717) is 13.0 Å². The van der Waals surface area contributed by atoms with Crippen molar-refractivity contribution in [3.63, 3.8) is 0 Å². The van der Waals surface area contributed by atoms with E-state index >= 15 is 0 Å². The molecule has 0 aliphatic heterocycles. The fraction of sp³-hybridized carbons (Fsp3) is 0.625. The number of rotatable bonds is 4. The number of alkyl halides is 2. The smallest absolute Gasteiger partial charge is 0.262 e. The summed E-state index contributed by atoms with van der Waals surface area (Å²) in [5.41, 5.74) is 6.08. The molecule has 0 bridgehead atoms. The molecule has 1 heterocycles. The summed E-state index contributed by atoms with van der Waals surface area (Å²) in [6.45, 7) is 1.00. The molecule has 2 N–H and O–H groups in total. The predicted octanol–water partition coefficient (Wildman–Crippen LogP) is 1.04. The first-order valence-corrected chi connectivity index (χ1v) is 4.10. The van der Waals surface area contributed by atoms with Gasteiger partial charge in [-0.1, -0.05) is 0 Å². The molecule has 0 fully saturated rings. The average Bonchev–Trinajstić information content (AvgIpc) is 2.34. The van der Waals surface area contributed by atoms with Crippen molar-refractivity contribution in [2.75, 3.05) is 6.54 Å². The number of imidazole rings is 1. The number of nitrogens with zero attached hydrogens (tertiary/aromatic N) is 2. The van der Waals surface area contributed by atoms with Crippen molar-refractivity contribution in [2.24, 2.45) is 5.73 Å². The van der Waals surface area contributed by atoms with E-state index in [1.807, 2.05) is 0 Å². The van der Waals surface area contributed by atoms with E-state index in [0.717, 1.165) is 12.6 Å². The van der Waals surface area contributed by atoms with Gasteiger partial charge in [-0.05, 0) is 6.54 Å². The van der Waals surface area contributed by atoms with Crippen LogP contribution in [-0.2, 0) is 13.0 Å². The maximum Gasteiger partial charge on any atom is 0.262 e. The summed E-state index contributed by atoms with van der Waals surface area (Å²) in [6.07, 6.45) is 3.55. The van der Waals surface area contributed by atoms with Gasteiger partial charge in [0.25, 0.3) is 5.92 Å². The summed E-state index contributed by atoms with van der Waals surface area (Å²) in [5.74, 6) is -2.70. The summed E-state index contributed by atoms with van der Waals surface area (Å²) in [4.78, 5) is 3.80. The highest BCUT2D eigenvalue weighted by molar-refractivity contribution is 4.99. The summed E-state index contributed by atoms with van der Waals surface area (Å²) in [6, 6.07) is 0. The van der Waals surface area contributed by atoms with Crippen LogP contribution in [0.15, 0.2) is 12.5 Å². The zero-order chi connectivity index (χ0) is 9.90.